The second kappa shape index (κ2) is 5.39. The van der Waals surface area contributed by atoms with Crippen LogP contribution in [-0.2, 0) is 0 Å². The van der Waals surface area contributed by atoms with Crippen LogP contribution in [0.2, 0.25) is 5.02 Å². The molecule has 0 saturated heterocycles. The number of aliphatic imine (C=N–C) groups is 1. The van der Waals surface area contributed by atoms with Gasteiger partial charge in [-0.15, -0.1) is 11.8 Å². The summed E-state index contributed by atoms with van der Waals surface area (Å²) in [6.07, 6.45) is 5.65. The minimum Gasteiger partial charge on any atom is -0.271 e. The predicted octanol–water partition coefficient (Wildman–Crippen LogP) is 3.02. The van der Waals surface area contributed by atoms with Crippen molar-refractivity contribution in [1.82, 2.24) is 10.4 Å². The Morgan fingerprint density at radius 1 is 1.56 bits per heavy atom. The maximum Gasteiger partial charge on any atom is 0.144 e. The Labute approximate surface area is 104 Å². The monoisotopic (exact) mass is 253 g/mol. The fourth-order valence-corrected chi connectivity index (χ4v) is 1.84. The summed E-state index contributed by atoms with van der Waals surface area (Å²) in [7, 11) is 0. The largest absolute Gasteiger partial charge is 0.271 e. The first kappa shape index (κ1) is 11.5. The van der Waals surface area contributed by atoms with E-state index in [9.17, 15) is 0 Å². The molecule has 0 saturated carbocycles. The van der Waals surface area contributed by atoms with Crippen molar-refractivity contribution in [2.45, 2.75) is 6.17 Å². The van der Waals surface area contributed by atoms with Crippen molar-refractivity contribution in [2.24, 2.45) is 4.99 Å². The lowest BCUT2D eigenvalue weighted by Gasteiger charge is -2.13. The zero-order valence-corrected chi connectivity index (χ0v) is 10.4. The van der Waals surface area contributed by atoms with Crippen LogP contribution in [0.4, 0.5) is 0 Å². The van der Waals surface area contributed by atoms with Crippen LogP contribution in [-0.4, -0.2) is 17.6 Å². The minimum atomic E-state index is -0.0507. The molecule has 3 nitrogen and oxygen atoms in total. The highest BCUT2D eigenvalue weighted by Gasteiger charge is 2.16. The van der Waals surface area contributed by atoms with Crippen molar-refractivity contribution in [1.29, 1.82) is 0 Å². The van der Waals surface area contributed by atoms with Crippen LogP contribution in [0.3, 0.4) is 0 Å². The number of hydrogen-bond acceptors (Lipinski definition) is 4. The lowest BCUT2D eigenvalue weighted by Crippen LogP contribution is -2.28. The molecule has 0 fully saturated rings. The number of halogens is 1. The van der Waals surface area contributed by atoms with Gasteiger partial charge in [-0.25, -0.2) is 10.4 Å². The highest BCUT2D eigenvalue weighted by Crippen LogP contribution is 2.21. The molecular formula is C11H12ClN3S. The molecule has 1 aliphatic rings. The first-order chi connectivity index (χ1) is 7.79. The van der Waals surface area contributed by atoms with Crippen LogP contribution in [0.5, 0.6) is 0 Å². The molecule has 0 spiro atoms. The third-order valence-electron chi connectivity index (χ3n) is 2.13. The van der Waals surface area contributed by atoms with Gasteiger partial charge in [-0.05, 0) is 29.4 Å². The molecule has 1 unspecified atom stereocenters. The minimum absolute atomic E-state index is 0.0507. The molecule has 1 N–H and O–H groups in total. The van der Waals surface area contributed by atoms with Crippen molar-refractivity contribution in [3.63, 3.8) is 0 Å². The average molecular weight is 254 g/mol. The van der Waals surface area contributed by atoms with Crippen LogP contribution in [0, 0.1) is 0 Å². The van der Waals surface area contributed by atoms with E-state index in [1.54, 1.807) is 18.1 Å². The van der Waals surface area contributed by atoms with Gasteiger partial charge in [0.2, 0.25) is 0 Å². The predicted molar refractivity (Wildman–Crippen MR) is 70.3 cm³/mol. The van der Waals surface area contributed by atoms with E-state index in [-0.39, 0.29) is 6.17 Å². The van der Waals surface area contributed by atoms with Gasteiger partial charge in [0.05, 0.1) is 0 Å². The number of rotatable bonds is 3. The summed E-state index contributed by atoms with van der Waals surface area (Å²) in [5, 5.41) is 4.55. The fraction of sp³-hybridized carbons (Fsp3) is 0.182. The molecule has 1 aliphatic heterocycles. The normalized spacial score (nSPS) is 19.9. The van der Waals surface area contributed by atoms with Crippen LogP contribution in [0.25, 0.3) is 0 Å². The molecule has 2 rings (SSSR count). The number of nitrogens with zero attached hydrogens (tertiary/aromatic N) is 2. The van der Waals surface area contributed by atoms with Crippen molar-refractivity contribution in [3.8, 4) is 0 Å². The molecule has 5 heteroatoms. The van der Waals surface area contributed by atoms with Crippen LogP contribution in [0.15, 0.2) is 40.9 Å². The highest BCUT2D eigenvalue weighted by atomic mass is 35.5. The quantitative estimate of drug-likeness (QED) is 0.897. The molecule has 0 bridgehead atoms. The van der Waals surface area contributed by atoms with Gasteiger partial charge in [0.25, 0.3) is 0 Å². The molecular weight excluding hydrogens is 242 g/mol. The van der Waals surface area contributed by atoms with E-state index in [0.717, 1.165) is 10.6 Å². The van der Waals surface area contributed by atoms with Crippen molar-refractivity contribution >= 4 is 29.7 Å². The standard InChI is InChI=1S/C11H12ClN3S/c1-16-6-5-15-8-13-11(14-15)9-3-2-4-10(12)7-9/h2-8,11,14H,1H3/b6-5-. The van der Waals surface area contributed by atoms with Crippen LogP contribution < -0.4 is 5.43 Å². The summed E-state index contributed by atoms with van der Waals surface area (Å²) >= 11 is 7.58. The molecule has 1 atom stereocenters. The maximum absolute atomic E-state index is 5.93. The Bertz CT molecular complexity index is 419. The van der Waals surface area contributed by atoms with E-state index < -0.39 is 0 Å². The summed E-state index contributed by atoms with van der Waals surface area (Å²) in [4.78, 5) is 4.35. The Morgan fingerprint density at radius 2 is 2.44 bits per heavy atom. The van der Waals surface area contributed by atoms with Gasteiger partial charge in [-0.3, -0.25) is 5.01 Å². The fourth-order valence-electron chi connectivity index (χ4n) is 1.39. The molecule has 1 aromatic carbocycles. The summed E-state index contributed by atoms with van der Waals surface area (Å²) in [6, 6.07) is 7.70. The SMILES string of the molecule is CS/C=C\N1C=NC(c2cccc(Cl)c2)N1. The molecule has 0 amide bonds. The van der Waals surface area contributed by atoms with Gasteiger partial charge in [0, 0.05) is 11.2 Å². The highest BCUT2D eigenvalue weighted by molar-refractivity contribution is 8.01. The zero-order valence-electron chi connectivity index (χ0n) is 8.80. The lowest BCUT2D eigenvalue weighted by atomic mass is 10.2. The summed E-state index contributed by atoms with van der Waals surface area (Å²) in [5.41, 5.74) is 4.28. The van der Waals surface area contributed by atoms with Gasteiger partial charge >= 0.3 is 0 Å². The summed E-state index contributed by atoms with van der Waals surface area (Å²) in [6.45, 7) is 0. The van der Waals surface area contributed by atoms with Gasteiger partial charge in [-0.2, -0.15) is 0 Å². The van der Waals surface area contributed by atoms with E-state index in [1.165, 1.54) is 0 Å². The molecule has 0 aliphatic carbocycles. The van der Waals surface area contributed by atoms with E-state index in [4.69, 9.17) is 11.6 Å². The second-order valence-corrected chi connectivity index (χ2v) is 4.46. The molecule has 0 radical (unpaired) electrons. The molecule has 16 heavy (non-hydrogen) atoms. The first-order valence-corrected chi connectivity index (χ1v) is 6.49. The Balaban J connectivity index is 2.04. The van der Waals surface area contributed by atoms with Gasteiger partial charge in [0.1, 0.15) is 12.5 Å². The van der Waals surface area contributed by atoms with Crippen LogP contribution in [0.1, 0.15) is 11.7 Å². The second-order valence-electron chi connectivity index (χ2n) is 3.28. The van der Waals surface area contributed by atoms with Gasteiger partial charge < -0.3 is 0 Å². The Hall–Kier alpha value is -0.970. The molecule has 1 aromatic rings. The Kier molecular flexibility index (Phi) is 3.88. The number of hydrogen-bond donors (Lipinski definition) is 1. The Morgan fingerprint density at radius 3 is 3.19 bits per heavy atom. The van der Waals surface area contributed by atoms with E-state index >= 15 is 0 Å². The van der Waals surface area contributed by atoms with E-state index in [1.807, 2.05) is 47.1 Å². The number of benzene rings is 1. The molecule has 0 aromatic heterocycles. The summed E-state index contributed by atoms with van der Waals surface area (Å²) < 4.78 is 0. The molecule has 84 valence electrons. The number of thioether (sulfide) groups is 1. The third-order valence-corrected chi connectivity index (χ3v) is 2.76. The van der Waals surface area contributed by atoms with Gasteiger partial charge in [-0.1, -0.05) is 23.7 Å². The van der Waals surface area contributed by atoms with Crippen molar-refractivity contribution in [2.75, 3.05) is 6.26 Å². The van der Waals surface area contributed by atoms with Crippen molar-refractivity contribution < 1.29 is 0 Å². The maximum atomic E-state index is 5.93. The van der Waals surface area contributed by atoms with Crippen molar-refractivity contribution in [3.05, 3.63) is 46.5 Å². The van der Waals surface area contributed by atoms with E-state index in [0.29, 0.717) is 0 Å². The lowest BCUT2D eigenvalue weighted by molar-refractivity contribution is 0.392. The number of hydrazine groups is 1. The zero-order chi connectivity index (χ0) is 11.4. The third kappa shape index (κ3) is 2.78. The topological polar surface area (TPSA) is 27.6 Å². The van der Waals surface area contributed by atoms with Crippen LogP contribution >= 0.6 is 23.4 Å². The summed E-state index contributed by atoms with van der Waals surface area (Å²) in [5.74, 6) is 0. The molecule has 1 heterocycles. The first-order valence-electron chi connectivity index (χ1n) is 4.82. The van der Waals surface area contributed by atoms with Gasteiger partial charge in [0.15, 0.2) is 0 Å². The average Bonchev–Trinajstić information content (AvgIpc) is 2.75. The van der Waals surface area contributed by atoms with E-state index in [2.05, 4.69) is 10.4 Å². The number of nitrogens with one attached hydrogen (secondary N) is 1. The smallest absolute Gasteiger partial charge is 0.144 e.